The van der Waals surface area contributed by atoms with Crippen molar-refractivity contribution in [1.29, 1.82) is 0 Å². The van der Waals surface area contributed by atoms with Crippen LogP contribution in [0, 0.1) is 6.92 Å². The summed E-state index contributed by atoms with van der Waals surface area (Å²) in [5.74, 6) is 1.85. The Labute approximate surface area is 138 Å². The second-order valence-electron chi connectivity index (χ2n) is 5.22. The van der Waals surface area contributed by atoms with Crippen LogP contribution in [0.4, 0.5) is 0 Å². The summed E-state index contributed by atoms with van der Waals surface area (Å²) >= 11 is 9.52. The Kier molecular flexibility index (Phi) is 5.88. The van der Waals surface area contributed by atoms with Gasteiger partial charge in [-0.1, -0.05) is 33.6 Å². The first-order valence-electron chi connectivity index (χ1n) is 6.82. The molecule has 0 saturated carbocycles. The maximum Gasteiger partial charge on any atom is 0.118 e. The van der Waals surface area contributed by atoms with Gasteiger partial charge in [0.1, 0.15) is 11.5 Å². The third-order valence-corrected chi connectivity index (χ3v) is 4.15. The highest BCUT2D eigenvalue weighted by atomic mass is 79.9. The summed E-state index contributed by atoms with van der Waals surface area (Å²) in [6, 6.07) is 9.48. The number of aliphatic hydroxyl groups excluding tert-OH is 1. The number of aliphatic hydroxyl groups is 1. The van der Waals surface area contributed by atoms with Crippen molar-refractivity contribution in [3.8, 4) is 0 Å². The minimum atomic E-state index is -0.564. The van der Waals surface area contributed by atoms with E-state index < -0.39 is 6.10 Å². The summed E-state index contributed by atoms with van der Waals surface area (Å²) in [6.45, 7) is 3.42. The van der Waals surface area contributed by atoms with Crippen molar-refractivity contribution >= 4 is 27.5 Å². The molecule has 0 aliphatic heterocycles. The Morgan fingerprint density at radius 1 is 1.33 bits per heavy atom. The predicted octanol–water partition coefficient (Wildman–Crippen LogP) is 4.56. The number of hydrogen-bond acceptors (Lipinski definition) is 3. The van der Waals surface area contributed by atoms with Crippen molar-refractivity contribution in [2.24, 2.45) is 0 Å². The highest BCUT2D eigenvalue weighted by Crippen LogP contribution is 2.28. The van der Waals surface area contributed by atoms with Crippen molar-refractivity contribution in [3.05, 3.63) is 56.9 Å². The smallest absolute Gasteiger partial charge is 0.118 e. The molecule has 1 heterocycles. The topological polar surface area (TPSA) is 36.6 Å². The molecule has 1 aromatic heterocycles. The molecule has 21 heavy (non-hydrogen) atoms. The molecule has 114 valence electrons. The molecule has 2 rings (SSSR count). The molecule has 1 unspecified atom stereocenters. The number of furan rings is 1. The van der Waals surface area contributed by atoms with E-state index in [0.717, 1.165) is 34.6 Å². The largest absolute Gasteiger partial charge is 0.465 e. The molecular formula is C16H19BrClNO2. The molecule has 2 aromatic rings. The van der Waals surface area contributed by atoms with Gasteiger partial charge in [-0.25, -0.2) is 0 Å². The summed E-state index contributed by atoms with van der Waals surface area (Å²) < 4.78 is 6.46. The van der Waals surface area contributed by atoms with Gasteiger partial charge in [0.15, 0.2) is 0 Å². The van der Waals surface area contributed by atoms with Crippen LogP contribution in [0.1, 0.15) is 29.6 Å². The van der Waals surface area contributed by atoms with Crippen LogP contribution in [0.2, 0.25) is 5.02 Å². The third-order valence-electron chi connectivity index (χ3n) is 3.33. The normalized spacial score (nSPS) is 12.9. The zero-order valence-corrected chi connectivity index (χ0v) is 14.5. The van der Waals surface area contributed by atoms with E-state index in [9.17, 15) is 5.11 Å². The van der Waals surface area contributed by atoms with E-state index in [1.807, 2.05) is 38.2 Å². The van der Waals surface area contributed by atoms with E-state index in [-0.39, 0.29) is 0 Å². The lowest BCUT2D eigenvalue weighted by Crippen LogP contribution is -2.20. The van der Waals surface area contributed by atoms with Gasteiger partial charge in [-0.3, -0.25) is 4.90 Å². The summed E-state index contributed by atoms with van der Waals surface area (Å²) in [5.41, 5.74) is 0.766. The number of aryl methyl sites for hydroxylation is 1. The monoisotopic (exact) mass is 371 g/mol. The van der Waals surface area contributed by atoms with Gasteiger partial charge in [0.05, 0.1) is 12.6 Å². The minimum Gasteiger partial charge on any atom is -0.465 e. The zero-order valence-electron chi connectivity index (χ0n) is 12.1. The highest BCUT2D eigenvalue weighted by Gasteiger charge is 2.13. The van der Waals surface area contributed by atoms with Crippen LogP contribution < -0.4 is 0 Å². The second kappa shape index (κ2) is 7.45. The maximum atomic E-state index is 10.3. The Hall–Kier alpha value is -0.810. The maximum absolute atomic E-state index is 10.3. The number of rotatable bonds is 6. The standard InChI is InChI=1S/C16H19BrClNO2/c1-11-3-5-13(21-11)10-19(2)8-7-16(20)14-6-4-12(17)9-15(14)18/h3-6,9,16,20H,7-8,10H2,1-2H3. The molecule has 0 aliphatic rings. The van der Waals surface area contributed by atoms with Crippen molar-refractivity contribution < 1.29 is 9.52 Å². The summed E-state index contributed by atoms with van der Waals surface area (Å²) in [5, 5.41) is 10.8. The summed E-state index contributed by atoms with van der Waals surface area (Å²) in [7, 11) is 2.01. The van der Waals surface area contributed by atoms with Crippen LogP contribution in [-0.2, 0) is 6.54 Å². The van der Waals surface area contributed by atoms with E-state index in [0.29, 0.717) is 11.4 Å². The van der Waals surface area contributed by atoms with Gasteiger partial charge in [0.2, 0.25) is 0 Å². The van der Waals surface area contributed by atoms with Crippen molar-refractivity contribution in [2.75, 3.05) is 13.6 Å². The van der Waals surface area contributed by atoms with Crippen molar-refractivity contribution in [3.63, 3.8) is 0 Å². The number of benzene rings is 1. The number of nitrogens with zero attached hydrogens (tertiary/aromatic N) is 1. The molecule has 0 radical (unpaired) electrons. The zero-order chi connectivity index (χ0) is 15.4. The Morgan fingerprint density at radius 2 is 2.10 bits per heavy atom. The van der Waals surface area contributed by atoms with Crippen LogP contribution in [0.25, 0.3) is 0 Å². The van der Waals surface area contributed by atoms with Crippen LogP contribution in [-0.4, -0.2) is 23.6 Å². The second-order valence-corrected chi connectivity index (χ2v) is 6.54. The molecule has 0 bridgehead atoms. The van der Waals surface area contributed by atoms with Crippen molar-refractivity contribution in [2.45, 2.75) is 26.0 Å². The first kappa shape index (κ1) is 16.6. The van der Waals surface area contributed by atoms with E-state index in [4.69, 9.17) is 16.0 Å². The van der Waals surface area contributed by atoms with Gasteiger partial charge >= 0.3 is 0 Å². The van der Waals surface area contributed by atoms with E-state index in [2.05, 4.69) is 20.8 Å². The quantitative estimate of drug-likeness (QED) is 0.807. The fraction of sp³-hybridized carbons (Fsp3) is 0.375. The first-order valence-corrected chi connectivity index (χ1v) is 7.99. The lowest BCUT2D eigenvalue weighted by Gasteiger charge is -2.18. The third kappa shape index (κ3) is 4.85. The van der Waals surface area contributed by atoms with Crippen LogP contribution >= 0.6 is 27.5 Å². The Morgan fingerprint density at radius 3 is 2.71 bits per heavy atom. The lowest BCUT2D eigenvalue weighted by molar-refractivity contribution is 0.145. The van der Waals surface area contributed by atoms with Gasteiger partial charge in [0, 0.05) is 16.0 Å². The highest BCUT2D eigenvalue weighted by molar-refractivity contribution is 9.10. The fourth-order valence-electron chi connectivity index (χ4n) is 2.19. The molecule has 0 amide bonds. The van der Waals surface area contributed by atoms with Crippen LogP contribution in [0.15, 0.2) is 39.2 Å². The first-order chi connectivity index (χ1) is 9.95. The molecule has 0 fully saturated rings. The Bertz CT molecular complexity index is 600. The van der Waals surface area contributed by atoms with Gasteiger partial charge in [-0.05, 0) is 50.2 Å². The van der Waals surface area contributed by atoms with Gasteiger partial charge < -0.3 is 9.52 Å². The fourth-order valence-corrected chi connectivity index (χ4v) is 2.98. The molecule has 1 N–H and O–H groups in total. The summed E-state index contributed by atoms with van der Waals surface area (Å²) in [4.78, 5) is 2.12. The molecule has 5 heteroatoms. The summed E-state index contributed by atoms with van der Waals surface area (Å²) in [6.07, 6.45) is 0.0590. The lowest BCUT2D eigenvalue weighted by atomic mass is 10.1. The average molecular weight is 373 g/mol. The molecule has 0 aliphatic carbocycles. The number of halogens is 2. The van der Waals surface area contributed by atoms with Gasteiger partial charge in [0.25, 0.3) is 0 Å². The van der Waals surface area contributed by atoms with E-state index in [1.165, 1.54) is 0 Å². The molecular weight excluding hydrogens is 354 g/mol. The van der Waals surface area contributed by atoms with E-state index >= 15 is 0 Å². The molecule has 3 nitrogen and oxygen atoms in total. The molecule has 1 aromatic carbocycles. The minimum absolute atomic E-state index is 0.564. The predicted molar refractivity (Wildman–Crippen MR) is 88.5 cm³/mol. The van der Waals surface area contributed by atoms with Crippen LogP contribution in [0.5, 0.6) is 0 Å². The molecule has 0 saturated heterocycles. The van der Waals surface area contributed by atoms with Crippen LogP contribution in [0.3, 0.4) is 0 Å². The molecule has 0 spiro atoms. The average Bonchev–Trinajstić information content (AvgIpc) is 2.81. The van der Waals surface area contributed by atoms with E-state index in [1.54, 1.807) is 6.07 Å². The Balaban J connectivity index is 1.86. The SMILES string of the molecule is Cc1ccc(CN(C)CCC(O)c2ccc(Br)cc2Cl)o1. The van der Waals surface area contributed by atoms with Crippen molar-refractivity contribution in [1.82, 2.24) is 4.90 Å². The molecule has 1 atom stereocenters. The number of hydrogen-bond donors (Lipinski definition) is 1. The van der Waals surface area contributed by atoms with Gasteiger partial charge in [-0.2, -0.15) is 0 Å². The van der Waals surface area contributed by atoms with Gasteiger partial charge in [-0.15, -0.1) is 0 Å².